The molecule has 2 rings (SSSR count). The van der Waals surface area contributed by atoms with Crippen LogP contribution in [0.15, 0.2) is 59.5 Å². The first kappa shape index (κ1) is 20.4. The molecule has 0 spiro atoms. The van der Waals surface area contributed by atoms with Crippen molar-refractivity contribution in [2.45, 2.75) is 37.8 Å². The van der Waals surface area contributed by atoms with Gasteiger partial charge in [0.1, 0.15) is 5.75 Å². The van der Waals surface area contributed by atoms with Crippen LogP contribution in [0.5, 0.6) is 5.75 Å². The van der Waals surface area contributed by atoms with E-state index in [4.69, 9.17) is 4.18 Å². The van der Waals surface area contributed by atoms with Gasteiger partial charge in [-0.15, -0.1) is 0 Å². The first-order chi connectivity index (χ1) is 12.1. The van der Waals surface area contributed by atoms with Crippen LogP contribution >= 0.6 is 0 Å². The van der Waals surface area contributed by atoms with Crippen molar-refractivity contribution in [3.8, 4) is 5.75 Å². The zero-order valence-corrected chi connectivity index (χ0v) is 16.6. The van der Waals surface area contributed by atoms with Crippen molar-refractivity contribution in [2.24, 2.45) is 0 Å². The molecule has 0 N–H and O–H groups in total. The van der Waals surface area contributed by atoms with Crippen LogP contribution in [-0.4, -0.2) is 33.4 Å². The molecule has 0 aliphatic rings. The molecule has 0 aliphatic carbocycles. The zero-order valence-electron chi connectivity index (χ0n) is 15.0. The predicted molar refractivity (Wildman–Crippen MR) is 101 cm³/mol. The summed E-state index contributed by atoms with van der Waals surface area (Å²) in [5.74, 6) is 0.192. The molecule has 0 amide bonds. The summed E-state index contributed by atoms with van der Waals surface area (Å²) in [7, 11) is -7.24. The second-order valence-electron chi connectivity index (χ2n) is 6.05. The molecule has 0 aromatic heterocycles. The maximum Gasteiger partial charge on any atom is 0.306 e. The number of rotatable bonds is 8. The number of hydrogen-bond donors (Lipinski definition) is 0. The molecule has 142 valence electrons. The smallest absolute Gasteiger partial charge is 0.306 e. The van der Waals surface area contributed by atoms with Gasteiger partial charge in [-0.05, 0) is 43.2 Å². The molecule has 0 saturated carbocycles. The fourth-order valence-corrected chi connectivity index (χ4v) is 4.59. The van der Waals surface area contributed by atoms with Crippen LogP contribution in [0.4, 0.5) is 0 Å². The van der Waals surface area contributed by atoms with Gasteiger partial charge in [-0.1, -0.05) is 37.3 Å². The van der Waals surface area contributed by atoms with Crippen molar-refractivity contribution >= 4 is 20.1 Å². The summed E-state index contributed by atoms with van der Waals surface area (Å²) < 4.78 is 54.6. The third-order valence-corrected chi connectivity index (χ3v) is 6.41. The highest BCUT2D eigenvalue weighted by Gasteiger charge is 2.28. The van der Waals surface area contributed by atoms with E-state index in [1.54, 1.807) is 42.5 Å². The molecule has 0 bridgehead atoms. The average molecular weight is 398 g/mol. The lowest BCUT2D eigenvalue weighted by molar-refractivity contribution is 0.323. The van der Waals surface area contributed by atoms with Crippen LogP contribution in [-0.2, 0) is 26.7 Å². The van der Waals surface area contributed by atoms with Crippen LogP contribution in [0.25, 0.3) is 0 Å². The van der Waals surface area contributed by atoms with Gasteiger partial charge in [0.2, 0.25) is 10.0 Å². The molecule has 1 atom stereocenters. The first-order valence-electron chi connectivity index (χ1n) is 8.19. The van der Waals surface area contributed by atoms with E-state index in [-0.39, 0.29) is 23.2 Å². The van der Waals surface area contributed by atoms with E-state index in [0.717, 1.165) is 11.8 Å². The summed E-state index contributed by atoms with van der Waals surface area (Å²) in [6, 6.07) is 14.5. The third-order valence-electron chi connectivity index (χ3n) is 3.94. The van der Waals surface area contributed by atoms with Crippen LogP contribution in [0.1, 0.15) is 25.8 Å². The van der Waals surface area contributed by atoms with Gasteiger partial charge >= 0.3 is 10.1 Å². The van der Waals surface area contributed by atoms with E-state index in [9.17, 15) is 16.8 Å². The Morgan fingerprint density at radius 3 is 2.04 bits per heavy atom. The van der Waals surface area contributed by atoms with E-state index < -0.39 is 20.1 Å². The fourth-order valence-electron chi connectivity index (χ4n) is 2.41. The minimum absolute atomic E-state index is 0.186. The van der Waals surface area contributed by atoms with Crippen LogP contribution in [0, 0.1) is 0 Å². The average Bonchev–Trinajstić information content (AvgIpc) is 2.59. The molecule has 8 heteroatoms. The van der Waals surface area contributed by atoms with Crippen molar-refractivity contribution in [3.05, 3.63) is 60.2 Å². The summed E-state index contributed by atoms with van der Waals surface area (Å²) in [6.45, 7) is 3.98. The minimum Gasteiger partial charge on any atom is -0.383 e. The van der Waals surface area contributed by atoms with Crippen molar-refractivity contribution < 1.29 is 21.0 Å². The minimum atomic E-state index is -3.64. The molecule has 2 aromatic carbocycles. The van der Waals surface area contributed by atoms with E-state index in [2.05, 4.69) is 0 Å². The molecule has 0 unspecified atom stereocenters. The molecule has 0 aliphatic heterocycles. The van der Waals surface area contributed by atoms with Gasteiger partial charge in [-0.3, -0.25) is 0 Å². The van der Waals surface area contributed by atoms with Crippen LogP contribution in [0.2, 0.25) is 0 Å². The fraction of sp³-hybridized carbons (Fsp3) is 0.333. The predicted octanol–water partition coefficient (Wildman–Crippen LogP) is 3.01. The van der Waals surface area contributed by atoms with Gasteiger partial charge in [0.15, 0.2) is 0 Å². The Balaban J connectivity index is 2.29. The van der Waals surface area contributed by atoms with E-state index in [1.165, 1.54) is 16.4 Å². The number of sulfonamides is 1. The summed E-state index contributed by atoms with van der Waals surface area (Å²) in [6.07, 6.45) is 1.64. The zero-order chi connectivity index (χ0) is 19.4. The number of benzene rings is 2. The van der Waals surface area contributed by atoms with Crippen molar-refractivity contribution in [1.82, 2.24) is 4.31 Å². The quantitative estimate of drug-likeness (QED) is 0.640. The summed E-state index contributed by atoms with van der Waals surface area (Å²) in [4.78, 5) is 0.248. The number of nitrogens with zero attached hydrogens (tertiary/aromatic N) is 1. The highest BCUT2D eigenvalue weighted by Crippen LogP contribution is 2.23. The Kier molecular flexibility index (Phi) is 6.44. The largest absolute Gasteiger partial charge is 0.383 e. The standard InChI is InChI=1S/C18H23NO5S2/c1-4-15(2)19(26(22,23)18-8-6-5-7-9-18)14-16-10-12-17(13-11-16)24-25(3,20)21/h5-13,15H,4,14H2,1-3H3/t15-/m0/s1. The molecule has 2 aromatic rings. The second kappa shape index (κ2) is 8.20. The van der Waals surface area contributed by atoms with Crippen molar-refractivity contribution in [1.29, 1.82) is 0 Å². The second-order valence-corrected chi connectivity index (χ2v) is 9.52. The molecule has 0 heterocycles. The molecule has 0 fully saturated rings. The topological polar surface area (TPSA) is 80.8 Å². The molecule has 0 radical (unpaired) electrons. The van der Waals surface area contributed by atoms with Gasteiger partial charge in [-0.25, -0.2) is 8.42 Å². The maximum atomic E-state index is 13.0. The summed E-state index contributed by atoms with van der Waals surface area (Å²) >= 11 is 0. The van der Waals surface area contributed by atoms with Gasteiger partial charge < -0.3 is 4.18 Å². The normalized spacial score (nSPS) is 13.5. The maximum absolute atomic E-state index is 13.0. The molecular weight excluding hydrogens is 374 g/mol. The monoisotopic (exact) mass is 397 g/mol. The first-order valence-corrected chi connectivity index (χ1v) is 11.4. The van der Waals surface area contributed by atoms with E-state index in [0.29, 0.717) is 6.42 Å². The molecule has 26 heavy (non-hydrogen) atoms. The summed E-state index contributed by atoms with van der Waals surface area (Å²) in [5.41, 5.74) is 0.741. The lowest BCUT2D eigenvalue weighted by Gasteiger charge is -2.28. The highest BCUT2D eigenvalue weighted by molar-refractivity contribution is 7.89. The van der Waals surface area contributed by atoms with Gasteiger partial charge in [0, 0.05) is 12.6 Å². The van der Waals surface area contributed by atoms with Crippen molar-refractivity contribution in [2.75, 3.05) is 6.26 Å². The lowest BCUT2D eigenvalue weighted by Crippen LogP contribution is -2.37. The van der Waals surface area contributed by atoms with Gasteiger partial charge in [0.05, 0.1) is 11.2 Å². The Morgan fingerprint density at radius 2 is 1.54 bits per heavy atom. The van der Waals surface area contributed by atoms with Crippen LogP contribution in [0.3, 0.4) is 0 Å². The van der Waals surface area contributed by atoms with E-state index in [1.807, 2.05) is 13.8 Å². The third kappa shape index (κ3) is 5.30. The lowest BCUT2D eigenvalue weighted by atomic mass is 10.2. The Labute approximate surface area is 155 Å². The van der Waals surface area contributed by atoms with E-state index >= 15 is 0 Å². The Bertz CT molecular complexity index is 923. The molecular formula is C18H23NO5S2. The number of hydrogen-bond acceptors (Lipinski definition) is 5. The highest BCUT2D eigenvalue weighted by atomic mass is 32.2. The van der Waals surface area contributed by atoms with Gasteiger partial charge in [0.25, 0.3) is 0 Å². The Hall–Kier alpha value is -1.90. The summed E-state index contributed by atoms with van der Waals surface area (Å²) in [5, 5.41) is 0. The van der Waals surface area contributed by atoms with Crippen LogP contribution < -0.4 is 4.18 Å². The molecule has 6 nitrogen and oxygen atoms in total. The van der Waals surface area contributed by atoms with Gasteiger partial charge in [-0.2, -0.15) is 12.7 Å². The Morgan fingerprint density at radius 1 is 0.962 bits per heavy atom. The molecule has 0 saturated heterocycles. The SMILES string of the molecule is CC[C@H](C)N(Cc1ccc(OS(C)(=O)=O)cc1)S(=O)(=O)c1ccccc1. The van der Waals surface area contributed by atoms with Crippen molar-refractivity contribution in [3.63, 3.8) is 0 Å².